The molecule has 2 N–H and O–H groups in total. The minimum atomic E-state index is -1.05. The van der Waals surface area contributed by atoms with Gasteiger partial charge in [0.2, 0.25) is 0 Å². The van der Waals surface area contributed by atoms with Crippen molar-refractivity contribution in [3.8, 4) is 0 Å². The van der Waals surface area contributed by atoms with Crippen LogP contribution in [0.4, 0.5) is 5.69 Å². The zero-order valence-electron chi connectivity index (χ0n) is 9.15. The second-order valence-electron chi connectivity index (χ2n) is 3.39. The van der Waals surface area contributed by atoms with E-state index >= 15 is 0 Å². The summed E-state index contributed by atoms with van der Waals surface area (Å²) in [4.78, 5) is 26.0. The van der Waals surface area contributed by atoms with Gasteiger partial charge in [0.1, 0.15) is 6.54 Å². The van der Waals surface area contributed by atoms with Gasteiger partial charge in [-0.05, 0) is 12.1 Å². The molecule has 0 fully saturated rings. The van der Waals surface area contributed by atoms with E-state index in [1.54, 1.807) is 12.1 Å². The summed E-state index contributed by atoms with van der Waals surface area (Å²) in [5, 5.41) is 18.3. The number of carbonyl (C=O) groups excluding carboxylic acids is 1. The smallest absolute Gasteiger partial charge is 0.325 e. The van der Waals surface area contributed by atoms with E-state index < -0.39 is 11.9 Å². The van der Waals surface area contributed by atoms with Gasteiger partial charge in [-0.1, -0.05) is 5.21 Å². The number of nitrogens with one attached hydrogen (secondary N) is 1. The van der Waals surface area contributed by atoms with E-state index in [0.29, 0.717) is 5.69 Å². The van der Waals surface area contributed by atoms with Crippen molar-refractivity contribution in [1.82, 2.24) is 20.0 Å². The number of rotatable bonds is 4. The number of aliphatic carboxylic acids is 1. The number of hydrogen-bond acceptors (Lipinski definition) is 5. The molecule has 0 saturated heterocycles. The van der Waals surface area contributed by atoms with Gasteiger partial charge in [-0.2, -0.15) is 0 Å². The summed E-state index contributed by atoms with van der Waals surface area (Å²) < 4.78 is 1.07. The fourth-order valence-electron chi connectivity index (χ4n) is 1.25. The number of nitrogens with zero attached hydrogens (tertiary/aromatic N) is 4. The summed E-state index contributed by atoms with van der Waals surface area (Å²) >= 11 is 0. The summed E-state index contributed by atoms with van der Waals surface area (Å²) in [5.41, 5.74) is 0.621. The molecular weight excluding hydrogens is 238 g/mol. The summed E-state index contributed by atoms with van der Waals surface area (Å²) in [5.74, 6) is -1.51. The first kappa shape index (κ1) is 11.7. The molecule has 18 heavy (non-hydrogen) atoms. The molecule has 0 spiro atoms. The van der Waals surface area contributed by atoms with Gasteiger partial charge in [0.15, 0.2) is 5.69 Å². The first-order chi connectivity index (χ1) is 8.65. The average Bonchev–Trinajstić information content (AvgIpc) is 2.78. The number of aromatic nitrogens is 4. The predicted octanol–water partition coefficient (Wildman–Crippen LogP) is 0.0100. The van der Waals surface area contributed by atoms with E-state index in [0.717, 1.165) is 4.68 Å². The van der Waals surface area contributed by atoms with Crippen LogP contribution in [0.15, 0.2) is 30.7 Å². The van der Waals surface area contributed by atoms with Crippen molar-refractivity contribution in [2.45, 2.75) is 6.54 Å². The number of pyridine rings is 1. The number of amides is 1. The van der Waals surface area contributed by atoms with Crippen molar-refractivity contribution in [3.05, 3.63) is 36.4 Å². The molecule has 0 saturated carbocycles. The molecule has 1 amide bonds. The van der Waals surface area contributed by atoms with Crippen LogP contribution in [0.3, 0.4) is 0 Å². The first-order valence-electron chi connectivity index (χ1n) is 4.98. The Balaban J connectivity index is 2.05. The van der Waals surface area contributed by atoms with Crippen molar-refractivity contribution in [2.24, 2.45) is 0 Å². The van der Waals surface area contributed by atoms with Gasteiger partial charge in [-0.25, -0.2) is 4.68 Å². The Bertz CT molecular complexity index is 566. The lowest BCUT2D eigenvalue weighted by Gasteiger charge is -2.00. The van der Waals surface area contributed by atoms with Gasteiger partial charge in [-0.15, -0.1) is 5.10 Å². The van der Waals surface area contributed by atoms with E-state index in [2.05, 4.69) is 20.6 Å². The highest BCUT2D eigenvalue weighted by Crippen LogP contribution is 2.05. The monoisotopic (exact) mass is 247 g/mol. The molecule has 0 atom stereocenters. The molecule has 0 bridgehead atoms. The highest BCUT2D eigenvalue weighted by atomic mass is 16.4. The molecule has 0 aliphatic rings. The molecule has 8 heteroatoms. The van der Waals surface area contributed by atoms with Crippen molar-refractivity contribution in [2.75, 3.05) is 5.32 Å². The lowest BCUT2D eigenvalue weighted by atomic mass is 10.3. The molecule has 0 aliphatic carbocycles. The third-order valence-corrected chi connectivity index (χ3v) is 2.01. The molecule has 92 valence electrons. The Morgan fingerprint density at radius 3 is 2.72 bits per heavy atom. The van der Waals surface area contributed by atoms with E-state index in [1.165, 1.54) is 18.6 Å². The molecule has 2 rings (SSSR count). The van der Waals surface area contributed by atoms with Crippen LogP contribution < -0.4 is 5.32 Å². The lowest BCUT2D eigenvalue weighted by Crippen LogP contribution is -2.12. The molecular formula is C10H9N5O3. The zero-order valence-corrected chi connectivity index (χ0v) is 9.15. The fourth-order valence-corrected chi connectivity index (χ4v) is 1.25. The van der Waals surface area contributed by atoms with Crippen LogP contribution in [0.2, 0.25) is 0 Å². The van der Waals surface area contributed by atoms with Crippen LogP contribution in [0, 0.1) is 0 Å². The first-order valence-corrected chi connectivity index (χ1v) is 4.98. The Kier molecular flexibility index (Phi) is 3.28. The SMILES string of the molecule is O=C(O)Cn1cc(C(=O)Nc2ccncc2)nn1. The number of carboxylic acid groups (broad SMARTS) is 1. The van der Waals surface area contributed by atoms with Crippen LogP contribution in [0.1, 0.15) is 10.5 Å². The second-order valence-corrected chi connectivity index (χ2v) is 3.39. The predicted molar refractivity (Wildman–Crippen MR) is 59.8 cm³/mol. The minimum absolute atomic E-state index is 0.0491. The van der Waals surface area contributed by atoms with Crippen LogP contribution >= 0.6 is 0 Å². The van der Waals surface area contributed by atoms with E-state index in [-0.39, 0.29) is 12.2 Å². The largest absolute Gasteiger partial charge is 0.480 e. The molecule has 2 aromatic heterocycles. The molecule has 0 aliphatic heterocycles. The minimum Gasteiger partial charge on any atom is -0.480 e. The van der Waals surface area contributed by atoms with Gasteiger partial charge >= 0.3 is 5.97 Å². The number of hydrogen-bond donors (Lipinski definition) is 2. The van der Waals surface area contributed by atoms with Crippen molar-refractivity contribution in [1.29, 1.82) is 0 Å². The van der Waals surface area contributed by atoms with Gasteiger partial charge in [0.25, 0.3) is 5.91 Å². The number of anilines is 1. The third kappa shape index (κ3) is 2.88. The molecule has 0 unspecified atom stereocenters. The van der Waals surface area contributed by atoms with Crippen LogP contribution in [-0.4, -0.2) is 37.0 Å². The summed E-state index contributed by atoms with van der Waals surface area (Å²) in [6.07, 6.45) is 4.35. The maximum Gasteiger partial charge on any atom is 0.325 e. The van der Waals surface area contributed by atoms with Crippen molar-refractivity contribution >= 4 is 17.6 Å². The van der Waals surface area contributed by atoms with E-state index in [1.807, 2.05) is 0 Å². The summed E-state index contributed by atoms with van der Waals surface area (Å²) in [7, 11) is 0. The Morgan fingerprint density at radius 2 is 2.06 bits per heavy atom. The average molecular weight is 247 g/mol. The normalized spacial score (nSPS) is 10.0. The van der Waals surface area contributed by atoms with E-state index in [9.17, 15) is 9.59 Å². The zero-order chi connectivity index (χ0) is 13.0. The third-order valence-electron chi connectivity index (χ3n) is 2.01. The number of carboxylic acids is 1. The van der Waals surface area contributed by atoms with Gasteiger partial charge < -0.3 is 10.4 Å². The maximum absolute atomic E-state index is 11.7. The van der Waals surface area contributed by atoms with Crippen LogP contribution in [0.5, 0.6) is 0 Å². The quantitative estimate of drug-likeness (QED) is 0.787. The maximum atomic E-state index is 11.7. The Morgan fingerprint density at radius 1 is 1.33 bits per heavy atom. The van der Waals surface area contributed by atoms with Gasteiger partial charge in [0, 0.05) is 18.1 Å². The molecule has 0 aromatic carbocycles. The summed E-state index contributed by atoms with van der Waals surface area (Å²) in [6, 6.07) is 3.25. The number of carbonyl (C=O) groups is 2. The van der Waals surface area contributed by atoms with Crippen LogP contribution in [-0.2, 0) is 11.3 Å². The molecule has 0 radical (unpaired) electrons. The lowest BCUT2D eigenvalue weighted by molar-refractivity contribution is -0.137. The van der Waals surface area contributed by atoms with Crippen molar-refractivity contribution < 1.29 is 14.7 Å². The second kappa shape index (κ2) is 5.04. The molecule has 2 heterocycles. The van der Waals surface area contributed by atoms with E-state index in [4.69, 9.17) is 5.11 Å². The topological polar surface area (TPSA) is 110 Å². The van der Waals surface area contributed by atoms with Crippen molar-refractivity contribution in [3.63, 3.8) is 0 Å². The highest BCUT2D eigenvalue weighted by Gasteiger charge is 2.12. The fraction of sp³-hybridized carbons (Fsp3) is 0.100. The highest BCUT2D eigenvalue weighted by molar-refractivity contribution is 6.02. The van der Waals surface area contributed by atoms with Crippen LogP contribution in [0.25, 0.3) is 0 Å². The molecule has 2 aromatic rings. The standard InChI is InChI=1S/C10H9N5O3/c16-9(17)6-15-5-8(13-14-15)10(18)12-7-1-3-11-4-2-7/h1-5H,6H2,(H,16,17)(H,11,12,18). The summed E-state index contributed by atoms with van der Waals surface area (Å²) in [6.45, 7) is -0.338. The Labute approximate surface area is 101 Å². The van der Waals surface area contributed by atoms with Gasteiger partial charge in [0.05, 0.1) is 6.20 Å². The molecule has 8 nitrogen and oxygen atoms in total. The van der Waals surface area contributed by atoms with Gasteiger partial charge in [-0.3, -0.25) is 14.6 Å². The Hall–Kier alpha value is -2.77.